The first-order valence-electron chi connectivity index (χ1n) is 12.6. The van der Waals surface area contributed by atoms with Crippen molar-refractivity contribution in [1.29, 1.82) is 0 Å². The second-order valence-electron chi connectivity index (χ2n) is 9.62. The zero-order valence-corrected chi connectivity index (χ0v) is 21.0. The second-order valence-corrected chi connectivity index (χ2v) is 9.62. The average Bonchev–Trinajstić information content (AvgIpc) is 3.30. The molecule has 0 bridgehead atoms. The van der Waals surface area contributed by atoms with Gasteiger partial charge in [-0.05, 0) is 74.2 Å². The molecule has 6 nitrogen and oxygen atoms in total. The molecule has 0 radical (unpaired) electrons. The Balaban J connectivity index is 1.22. The topological polar surface area (TPSA) is 53.4 Å². The van der Waals surface area contributed by atoms with Crippen molar-refractivity contribution in [1.82, 2.24) is 20.0 Å². The molecule has 2 heterocycles. The van der Waals surface area contributed by atoms with Crippen LogP contribution < -0.4 is 10.2 Å². The van der Waals surface area contributed by atoms with Crippen molar-refractivity contribution in [2.24, 2.45) is 0 Å². The number of carbonyl (C=O) groups excluding carboxylic acids is 1. The Labute approximate surface area is 207 Å². The minimum absolute atomic E-state index is 0.0989. The molecule has 2 aromatic carbocycles. The molecular weight excluding hydrogens is 441 g/mol. The van der Waals surface area contributed by atoms with E-state index in [1.807, 2.05) is 13.8 Å². The maximum atomic E-state index is 13.3. The number of anilines is 1. The largest absolute Gasteiger partial charge is 0.369 e. The second kappa shape index (κ2) is 11.5. The molecule has 1 saturated heterocycles. The Morgan fingerprint density at radius 2 is 1.77 bits per heavy atom. The summed E-state index contributed by atoms with van der Waals surface area (Å²) in [7, 11) is 0. The molecule has 0 saturated carbocycles. The molecule has 0 spiro atoms. The van der Waals surface area contributed by atoms with Crippen molar-refractivity contribution in [2.75, 3.05) is 44.2 Å². The number of aromatic nitrogens is 2. The van der Waals surface area contributed by atoms with Crippen molar-refractivity contribution in [3.8, 4) is 5.69 Å². The number of piperazine rings is 1. The molecule has 0 atom stereocenters. The molecule has 1 aromatic heterocycles. The Hall–Kier alpha value is -3.19. The Kier molecular flexibility index (Phi) is 8.18. The lowest BCUT2D eigenvalue weighted by Crippen LogP contribution is -2.46. The quantitative estimate of drug-likeness (QED) is 0.451. The van der Waals surface area contributed by atoms with Crippen LogP contribution in [0, 0.1) is 12.7 Å². The van der Waals surface area contributed by atoms with Crippen LogP contribution in [0.25, 0.3) is 5.69 Å². The SMILES string of the molecule is Cc1cccc(N2CCN(CCCCNC(=O)c3cnn(-c4ccc(F)cc4)c3C(C)C)CC2)c1. The van der Waals surface area contributed by atoms with E-state index >= 15 is 0 Å². The van der Waals surface area contributed by atoms with Gasteiger partial charge in [-0.25, -0.2) is 9.07 Å². The van der Waals surface area contributed by atoms with E-state index in [1.165, 1.54) is 23.4 Å². The summed E-state index contributed by atoms with van der Waals surface area (Å²) in [6.45, 7) is 12.1. The van der Waals surface area contributed by atoms with Gasteiger partial charge in [0, 0.05) is 38.4 Å². The van der Waals surface area contributed by atoms with Crippen LogP contribution in [0.5, 0.6) is 0 Å². The van der Waals surface area contributed by atoms with Gasteiger partial charge in [-0.2, -0.15) is 5.10 Å². The summed E-state index contributed by atoms with van der Waals surface area (Å²) in [6, 6.07) is 14.9. The van der Waals surface area contributed by atoms with Crippen molar-refractivity contribution < 1.29 is 9.18 Å². The third kappa shape index (κ3) is 6.28. The third-order valence-corrected chi connectivity index (χ3v) is 6.59. The number of nitrogens with one attached hydrogen (secondary N) is 1. The summed E-state index contributed by atoms with van der Waals surface area (Å²) in [5, 5.41) is 7.48. The number of aryl methyl sites for hydroxylation is 1. The number of hydrogen-bond donors (Lipinski definition) is 1. The molecule has 1 aliphatic heterocycles. The Morgan fingerprint density at radius 1 is 1.03 bits per heavy atom. The van der Waals surface area contributed by atoms with Gasteiger partial charge in [0.2, 0.25) is 0 Å². The molecule has 7 heteroatoms. The number of unbranched alkanes of at least 4 members (excludes halogenated alkanes) is 1. The highest BCUT2D eigenvalue weighted by molar-refractivity contribution is 5.95. The van der Waals surface area contributed by atoms with Gasteiger partial charge in [0.15, 0.2) is 0 Å². The fourth-order valence-corrected chi connectivity index (χ4v) is 4.69. The number of rotatable bonds is 9. The van der Waals surface area contributed by atoms with E-state index in [-0.39, 0.29) is 17.6 Å². The maximum Gasteiger partial charge on any atom is 0.254 e. The molecule has 1 amide bonds. The predicted octanol–water partition coefficient (Wildman–Crippen LogP) is 4.78. The number of carbonyl (C=O) groups is 1. The number of halogens is 1. The average molecular weight is 478 g/mol. The van der Waals surface area contributed by atoms with Crippen LogP contribution in [-0.2, 0) is 0 Å². The van der Waals surface area contributed by atoms with Gasteiger partial charge < -0.3 is 10.2 Å². The van der Waals surface area contributed by atoms with Gasteiger partial charge in [-0.1, -0.05) is 26.0 Å². The summed E-state index contributed by atoms with van der Waals surface area (Å²) < 4.78 is 15.0. The Morgan fingerprint density at radius 3 is 2.46 bits per heavy atom. The molecule has 35 heavy (non-hydrogen) atoms. The molecule has 1 N–H and O–H groups in total. The van der Waals surface area contributed by atoms with Gasteiger partial charge >= 0.3 is 0 Å². The minimum Gasteiger partial charge on any atom is -0.369 e. The molecule has 186 valence electrons. The summed E-state index contributed by atoms with van der Waals surface area (Å²) in [5.74, 6) is -0.297. The van der Waals surface area contributed by atoms with Crippen molar-refractivity contribution in [2.45, 2.75) is 39.5 Å². The normalized spacial score (nSPS) is 14.5. The van der Waals surface area contributed by atoms with Crippen LogP contribution >= 0.6 is 0 Å². The maximum absolute atomic E-state index is 13.3. The fourth-order valence-electron chi connectivity index (χ4n) is 4.69. The summed E-state index contributed by atoms with van der Waals surface area (Å²) in [4.78, 5) is 17.9. The molecule has 1 aliphatic rings. The minimum atomic E-state index is -0.293. The number of benzene rings is 2. The van der Waals surface area contributed by atoms with E-state index in [0.717, 1.165) is 56.9 Å². The van der Waals surface area contributed by atoms with Gasteiger partial charge in [-0.15, -0.1) is 0 Å². The lowest BCUT2D eigenvalue weighted by Gasteiger charge is -2.36. The molecule has 3 aromatic rings. The van der Waals surface area contributed by atoms with Crippen LogP contribution in [0.15, 0.2) is 54.7 Å². The van der Waals surface area contributed by atoms with Crippen LogP contribution in [0.4, 0.5) is 10.1 Å². The molecular formula is C28H36FN5O. The first kappa shape index (κ1) is 24.9. The predicted molar refractivity (Wildman–Crippen MR) is 139 cm³/mol. The Bertz CT molecular complexity index is 1120. The van der Waals surface area contributed by atoms with Crippen LogP contribution in [0.1, 0.15) is 54.2 Å². The van der Waals surface area contributed by atoms with Gasteiger partial charge in [0.05, 0.1) is 23.1 Å². The number of nitrogens with zero attached hydrogens (tertiary/aromatic N) is 4. The van der Waals surface area contributed by atoms with E-state index in [2.05, 4.69) is 51.4 Å². The van der Waals surface area contributed by atoms with E-state index in [0.29, 0.717) is 12.1 Å². The van der Waals surface area contributed by atoms with Gasteiger partial charge in [0.1, 0.15) is 5.82 Å². The van der Waals surface area contributed by atoms with Crippen LogP contribution in [0.2, 0.25) is 0 Å². The van der Waals surface area contributed by atoms with Gasteiger partial charge in [-0.3, -0.25) is 9.69 Å². The summed E-state index contributed by atoms with van der Waals surface area (Å²) in [5.41, 5.74) is 4.78. The summed E-state index contributed by atoms with van der Waals surface area (Å²) >= 11 is 0. The first-order chi connectivity index (χ1) is 16.9. The van der Waals surface area contributed by atoms with Crippen molar-refractivity contribution in [3.05, 3.63) is 77.4 Å². The fraction of sp³-hybridized carbons (Fsp3) is 0.429. The monoisotopic (exact) mass is 477 g/mol. The third-order valence-electron chi connectivity index (χ3n) is 6.59. The molecule has 1 fully saturated rings. The van der Waals surface area contributed by atoms with Crippen molar-refractivity contribution in [3.63, 3.8) is 0 Å². The molecule has 0 unspecified atom stereocenters. The highest BCUT2D eigenvalue weighted by Gasteiger charge is 2.21. The number of amides is 1. The molecule has 0 aliphatic carbocycles. The van der Waals surface area contributed by atoms with E-state index in [4.69, 9.17) is 0 Å². The van der Waals surface area contributed by atoms with Crippen LogP contribution in [0.3, 0.4) is 0 Å². The van der Waals surface area contributed by atoms with E-state index in [1.54, 1.807) is 23.0 Å². The highest BCUT2D eigenvalue weighted by Crippen LogP contribution is 2.23. The smallest absolute Gasteiger partial charge is 0.254 e. The lowest BCUT2D eigenvalue weighted by molar-refractivity contribution is 0.0951. The first-order valence-corrected chi connectivity index (χ1v) is 12.6. The lowest BCUT2D eigenvalue weighted by atomic mass is 10.0. The van der Waals surface area contributed by atoms with Gasteiger partial charge in [0.25, 0.3) is 5.91 Å². The zero-order chi connectivity index (χ0) is 24.8. The number of hydrogen-bond acceptors (Lipinski definition) is 4. The van der Waals surface area contributed by atoms with Crippen LogP contribution in [-0.4, -0.2) is 59.9 Å². The zero-order valence-electron chi connectivity index (χ0n) is 21.0. The highest BCUT2D eigenvalue weighted by atomic mass is 19.1. The standard InChI is InChI=1S/C28H36FN5O/c1-21(2)27-26(20-31-34(27)24-11-9-23(29)10-12-24)28(35)30-13-4-5-14-32-15-17-33(18-16-32)25-8-6-7-22(3)19-25/h6-12,19-21H,4-5,13-18H2,1-3H3,(H,30,35). The van der Waals surface area contributed by atoms with E-state index in [9.17, 15) is 9.18 Å². The van der Waals surface area contributed by atoms with E-state index < -0.39 is 0 Å². The molecule has 4 rings (SSSR count). The summed E-state index contributed by atoms with van der Waals surface area (Å²) in [6.07, 6.45) is 3.60. The van der Waals surface area contributed by atoms with Crippen molar-refractivity contribution >= 4 is 11.6 Å².